The van der Waals surface area contributed by atoms with Crippen LogP contribution in [0.3, 0.4) is 0 Å². The van der Waals surface area contributed by atoms with Crippen molar-refractivity contribution in [1.29, 1.82) is 5.41 Å². The second-order valence-corrected chi connectivity index (χ2v) is 2.92. The number of rotatable bonds is 2. The molecule has 0 fully saturated rings. The molecule has 0 amide bonds. The van der Waals surface area contributed by atoms with Crippen LogP contribution in [0.15, 0.2) is 24.3 Å². The maximum Gasteiger partial charge on any atom is 0.192 e. The predicted octanol–water partition coefficient (Wildman–Crippen LogP) is 1.71. The molecule has 0 radical (unpaired) electrons. The molecule has 70 valence electrons. The summed E-state index contributed by atoms with van der Waals surface area (Å²) in [6.45, 7) is 4.72. The molecule has 1 rings (SSSR count). The molecule has 0 bridgehead atoms. The van der Waals surface area contributed by atoms with E-state index in [4.69, 9.17) is 11.1 Å². The molecule has 0 saturated heterocycles. The molecular weight excluding hydrogens is 162 g/mol. The maximum atomic E-state index is 7.39. The smallest absolute Gasteiger partial charge is 0.192 e. The summed E-state index contributed by atoms with van der Waals surface area (Å²) < 4.78 is 0. The summed E-state index contributed by atoms with van der Waals surface area (Å²) in [5.41, 5.74) is 7.61. The average molecular weight is 177 g/mol. The Hall–Kier alpha value is -1.51. The van der Waals surface area contributed by atoms with E-state index in [1.54, 1.807) is 4.90 Å². The van der Waals surface area contributed by atoms with Crippen molar-refractivity contribution in [1.82, 2.24) is 0 Å². The number of hydrogen-bond donors (Lipinski definition) is 2. The fourth-order valence-corrected chi connectivity index (χ4v) is 1.34. The minimum atomic E-state index is 0.0943. The number of nitrogens with zero attached hydrogens (tertiary/aromatic N) is 1. The van der Waals surface area contributed by atoms with Gasteiger partial charge >= 0.3 is 0 Å². The quantitative estimate of drug-likeness (QED) is 0.533. The summed E-state index contributed by atoms with van der Waals surface area (Å²) in [4.78, 5) is 1.77. The lowest BCUT2D eigenvalue weighted by Crippen LogP contribution is -2.36. The summed E-state index contributed by atoms with van der Waals surface area (Å²) in [6.07, 6.45) is 0. The van der Waals surface area contributed by atoms with E-state index in [0.29, 0.717) is 0 Å². The van der Waals surface area contributed by atoms with Crippen LogP contribution in [0.5, 0.6) is 0 Å². The van der Waals surface area contributed by atoms with Gasteiger partial charge in [-0.3, -0.25) is 5.41 Å². The molecule has 0 atom stereocenters. The van der Waals surface area contributed by atoms with Crippen molar-refractivity contribution in [2.75, 3.05) is 11.4 Å². The van der Waals surface area contributed by atoms with Gasteiger partial charge < -0.3 is 10.6 Å². The van der Waals surface area contributed by atoms with Gasteiger partial charge in [-0.2, -0.15) is 0 Å². The summed E-state index contributed by atoms with van der Waals surface area (Å²) in [5.74, 6) is 0.0943. The van der Waals surface area contributed by atoms with Crippen LogP contribution in [-0.4, -0.2) is 12.5 Å². The predicted molar refractivity (Wildman–Crippen MR) is 56.1 cm³/mol. The van der Waals surface area contributed by atoms with E-state index in [1.807, 2.05) is 38.1 Å². The Labute approximate surface area is 78.7 Å². The van der Waals surface area contributed by atoms with Crippen LogP contribution in [0.1, 0.15) is 12.5 Å². The van der Waals surface area contributed by atoms with Gasteiger partial charge in [0, 0.05) is 12.2 Å². The van der Waals surface area contributed by atoms with Gasteiger partial charge in [-0.1, -0.05) is 18.2 Å². The van der Waals surface area contributed by atoms with Crippen molar-refractivity contribution in [3.8, 4) is 0 Å². The first-order valence-corrected chi connectivity index (χ1v) is 4.34. The Morgan fingerprint density at radius 3 is 2.54 bits per heavy atom. The van der Waals surface area contributed by atoms with Crippen LogP contribution >= 0.6 is 0 Å². The van der Waals surface area contributed by atoms with Crippen LogP contribution in [0.2, 0.25) is 0 Å². The molecule has 3 N–H and O–H groups in total. The minimum Gasteiger partial charge on any atom is -0.370 e. The van der Waals surface area contributed by atoms with Crippen LogP contribution < -0.4 is 10.6 Å². The summed E-state index contributed by atoms with van der Waals surface area (Å²) >= 11 is 0. The summed E-state index contributed by atoms with van der Waals surface area (Å²) in [7, 11) is 0. The molecule has 1 aromatic carbocycles. The Kier molecular flexibility index (Phi) is 2.90. The maximum absolute atomic E-state index is 7.39. The Morgan fingerprint density at radius 1 is 1.46 bits per heavy atom. The highest BCUT2D eigenvalue weighted by molar-refractivity contribution is 5.93. The highest BCUT2D eigenvalue weighted by atomic mass is 15.2. The minimum absolute atomic E-state index is 0.0943. The molecule has 0 aliphatic rings. The molecule has 3 heteroatoms. The molecule has 0 unspecified atom stereocenters. The first-order valence-electron chi connectivity index (χ1n) is 4.34. The Morgan fingerprint density at radius 2 is 2.08 bits per heavy atom. The van der Waals surface area contributed by atoms with E-state index in [2.05, 4.69) is 0 Å². The molecule has 0 saturated carbocycles. The first kappa shape index (κ1) is 9.58. The molecule has 13 heavy (non-hydrogen) atoms. The number of nitrogens with two attached hydrogens (primary N) is 1. The second-order valence-electron chi connectivity index (χ2n) is 2.92. The van der Waals surface area contributed by atoms with E-state index in [-0.39, 0.29) is 5.96 Å². The lowest BCUT2D eigenvalue weighted by molar-refractivity contribution is 1.02. The third-order valence-electron chi connectivity index (χ3n) is 2.01. The van der Waals surface area contributed by atoms with E-state index in [0.717, 1.165) is 17.8 Å². The molecular formula is C10H15N3. The SMILES string of the molecule is CCN(C(=N)N)c1ccccc1C. The zero-order valence-electron chi connectivity index (χ0n) is 8.04. The van der Waals surface area contributed by atoms with Crippen LogP contribution in [0.4, 0.5) is 5.69 Å². The number of aryl methyl sites for hydroxylation is 1. The van der Waals surface area contributed by atoms with Gasteiger partial charge in [0.2, 0.25) is 0 Å². The van der Waals surface area contributed by atoms with Crippen molar-refractivity contribution < 1.29 is 0 Å². The van der Waals surface area contributed by atoms with Crippen LogP contribution in [-0.2, 0) is 0 Å². The van der Waals surface area contributed by atoms with Gasteiger partial charge in [0.1, 0.15) is 0 Å². The fraction of sp³-hybridized carbons (Fsp3) is 0.300. The van der Waals surface area contributed by atoms with Gasteiger partial charge in [-0.15, -0.1) is 0 Å². The Balaban J connectivity index is 3.04. The molecule has 0 aromatic heterocycles. The van der Waals surface area contributed by atoms with Gasteiger partial charge in [-0.05, 0) is 25.5 Å². The van der Waals surface area contributed by atoms with Crippen molar-refractivity contribution in [2.45, 2.75) is 13.8 Å². The zero-order chi connectivity index (χ0) is 9.84. The molecule has 3 nitrogen and oxygen atoms in total. The van der Waals surface area contributed by atoms with Gasteiger partial charge in [0.05, 0.1) is 0 Å². The number of para-hydroxylation sites is 1. The van der Waals surface area contributed by atoms with Crippen LogP contribution in [0, 0.1) is 12.3 Å². The monoisotopic (exact) mass is 177 g/mol. The number of guanidine groups is 1. The van der Waals surface area contributed by atoms with E-state index in [9.17, 15) is 0 Å². The van der Waals surface area contributed by atoms with Crippen molar-refractivity contribution in [3.05, 3.63) is 29.8 Å². The largest absolute Gasteiger partial charge is 0.370 e. The average Bonchev–Trinajstić information content (AvgIpc) is 2.09. The third-order valence-corrected chi connectivity index (χ3v) is 2.01. The molecule has 0 heterocycles. The molecule has 1 aromatic rings. The fourth-order valence-electron chi connectivity index (χ4n) is 1.34. The molecule has 0 spiro atoms. The number of hydrogen-bond acceptors (Lipinski definition) is 1. The van der Waals surface area contributed by atoms with Crippen molar-refractivity contribution in [2.24, 2.45) is 5.73 Å². The Bertz CT molecular complexity index is 307. The topological polar surface area (TPSA) is 53.1 Å². The first-order chi connectivity index (χ1) is 6.16. The zero-order valence-corrected chi connectivity index (χ0v) is 8.04. The second kappa shape index (κ2) is 3.94. The number of nitrogens with one attached hydrogen (secondary N) is 1. The molecule has 0 aliphatic heterocycles. The van der Waals surface area contributed by atoms with Crippen molar-refractivity contribution in [3.63, 3.8) is 0 Å². The lowest BCUT2D eigenvalue weighted by atomic mass is 10.2. The van der Waals surface area contributed by atoms with Gasteiger partial charge in [0.25, 0.3) is 0 Å². The normalized spacial score (nSPS) is 9.69. The number of anilines is 1. The van der Waals surface area contributed by atoms with Gasteiger partial charge in [-0.25, -0.2) is 0 Å². The van der Waals surface area contributed by atoms with Crippen molar-refractivity contribution >= 4 is 11.6 Å². The highest BCUT2D eigenvalue weighted by Gasteiger charge is 2.08. The number of benzene rings is 1. The van der Waals surface area contributed by atoms with E-state index >= 15 is 0 Å². The highest BCUT2D eigenvalue weighted by Crippen LogP contribution is 2.18. The van der Waals surface area contributed by atoms with Gasteiger partial charge in [0.15, 0.2) is 5.96 Å². The van der Waals surface area contributed by atoms with Crippen LogP contribution in [0.25, 0.3) is 0 Å². The van der Waals surface area contributed by atoms with E-state index < -0.39 is 0 Å². The third kappa shape index (κ3) is 1.99. The summed E-state index contributed by atoms with van der Waals surface area (Å²) in [6, 6.07) is 7.92. The lowest BCUT2D eigenvalue weighted by Gasteiger charge is -2.22. The molecule has 0 aliphatic carbocycles. The standard InChI is InChI=1S/C10H15N3/c1-3-13(10(11)12)9-7-5-4-6-8(9)2/h4-7H,3H2,1-2H3,(H3,11,12). The van der Waals surface area contributed by atoms with E-state index in [1.165, 1.54) is 0 Å². The summed E-state index contributed by atoms with van der Waals surface area (Å²) in [5, 5.41) is 7.39.